The molecule has 1 saturated heterocycles. The van der Waals surface area contributed by atoms with Crippen molar-refractivity contribution < 1.29 is 14.7 Å². The third-order valence-corrected chi connectivity index (χ3v) is 2.96. The molecule has 0 spiro atoms. The fourth-order valence-corrected chi connectivity index (χ4v) is 1.80. The van der Waals surface area contributed by atoms with E-state index in [1.165, 1.54) is 4.90 Å². The van der Waals surface area contributed by atoms with Crippen molar-refractivity contribution in [2.45, 2.75) is 45.8 Å². The maximum atomic E-state index is 11.8. The Hall–Kier alpha value is -1.10. The van der Waals surface area contributed by atoms with E-state index in [2.05, 4.69) is 0 Å². The summed E-state index contributed by atoms with van der Waals surface area (Å²) in [4.78, 5) is 26.7. The van der Waals surface area contributed by atoms with Gasteiger partial charge >= 0.3 is 11.8 Å². The van der Waals surface area contributed by atoms with Crippen molar-refractivity contribution in [3.05, 3.63) is 0 Å². The standard InChI is InChI=1S/C12H22N2O3/c1-9(2)14-8-7-13(10(15)11(14)16)6-5-12(3,4)17/h9,17H,5-8H2,1-4H3. The number of carbonyl (C=O) groups excluding carboxylic acids is 2. The van der Waals surface area contributed by atoms with Gasteiger partial charge in [-0.1, -0.05) is 0 Å². The molecule has 0 saturated carbocycles. The van der Waals surface area contributed by atoms with Gasteiger partial charge in [0.1, 0.15) is 0 Å². The first-order chi connectivity index (χ1) is 7.72. The third kappa shape index (κ3) is 3.70. The van der Waals surface area contributed by atoms with Gasteiger partial charge in [0.05, 0.1) is 5.60 Å². The predicted octanol–water partition coefficient (Wildman–Crippen LogP) is 0.227. The van der Waals surface area contributed by atoms with Crippen LogP contribution >= 0.6 is 0 Å². The van der Waals surface area contributed by atoms with Gasteiger partial charge in [-0.25, -0.2) is 0 Å². The highest BCUT2D eigenvalue weighted by Crippen LogP contribution is 2.13. The van der Waals surface area contributed by atoms with Crippen molar-refractivity contribution in [1.29, 1.82) is 0 Å². The van der Waals surface area contributed by atoms with Crippen molar-refractivity contribution in [3.63, 3.8) is 0 Å². The Morgan fingerprint density at radius 1 is 1.24 bits per heavy atom. The van der Waals surface area contributed by atoms with E-state index in [0.29, 0.717) is 26.1 Å². The van der Waals surface area contributed by atoms with Gasteiger partial charge in [-0.05, 0) is 34.1 Å². The summed E-state index contributed by atoms with van der Waals surface area (Å²) in [5, 5.41) is 9.61. The van der Waals surface area contributed by atoms with E-state index >= 15 is 0 Å². The topological polar surface area (TPSA) is 60.9 Å². The van der Waals surface area contributed by atoms with Gasteiger partial charge in [-0.2, -0.15) is 0 Å². The second-order valence-corrected chi connectivity index (χ2v) is 5.45. The minimum Gasteiger partial charge on any atom is -0.390 e. The Bertz CT molecular complexity index is 307. The van der Waals surface area contributed by atoms with E-state index in [1.807, 2.05) is 13.8 Å². The molecule has 1 heterocycles. The summed E-state index contributed by atoms with van der Waals surface area (Å²) in [6.07, 6.45) is 0.480. The Morgan fingerprint density at radius 2 is 1.82 bits per heavy atom. The summed E-state index contributed by atoms with van der Waals surface area (Å²) in [5.74, 6) is -0.879. The molecule has 1 aliphatic rings. The maximum Gasteiger partial charge on any atom is 0.312 e. The van der Waals surface area contributed by atoms with Crippen LogP contribution in [-0.4, -0.2) is 58.0 Å². The summed E-state index contributed by atoms with van der Waals surface area (Å²) in [6, 6.07) is 0.0582. The summed E-state index contributed by atoms with van der Waals surface area (Å²) in [6.45, 7) is 8.76. The summed E-state index contributed by atoms with van der Waals surface area (Å²) in [7, 11) is 0. The minimum absolute atomic E-state index is 0.0582. The maximum absolute atomic E-state index is 11.8. The highest BCUT2D eigenvalue weighted by Gasteiger charge is 2.33. The molecule has 0 bridgehead atoms. The highest BCUT2D eigenvalue weighted by molar-refractivity contribution is 6.35. The van der Waals surface area contributed by atoms with Crippen LogP contribution in [-0.2, 0) is 9.59 Å². The molecule has 0 atom stereocenters. The van der Waals surface area contributed by atoms with Gasteiger partial charge in [-0.3, -0.25) is 9.59 Å². The van der Waals surface area contributed by atoms with Crippen molar-refractivity contribution in [2.75, 3.05) is 19.6 Å². The van der Waals surface area contributed by atoms with Crippen LogP contribution in [0.1, 0.15) is 34.1 Å². The molecule has 0 unspecified atom stereocenters. The molecule has 5 nitrogen and oxygen atoms in total. The van der Waals surface area contributed by atoms with Crippen LogP contribution in [0.25, 0.3) is 0 Å². The van der Waals surface area contributed by atoms with Crippen LogP contribution in [0, 0.1) is 0 Å². The van der Waals surface area contributed by atoms with Gasteiger partial charge < -0.3 is 14.9 Å². The lowest BCUT2D eigenvalue weighted by Gasteiger charge is -2.36. The summed E-state index contributed by atoms with van der Waals surface area (Å²) >= 11 is 0. The summed E-state index contributed by atoms with van der Waals surface area (Å²) in [5.41, 5.74) is -0.807. The second kappa shape index (κ2) is 5.04. The number of hydrogen-bond donors (Lipinski definition) is 1. The van der Waals surface area contributed by atoms with Gasteiger partial charge in [0.25, 0.3) is 0 Å². The lowest BCUT2D eigenvalue weighted by atomic mass is 10.1. The number of carbonyl (C=O) groups is 2. The van der Waals surface area contributed by atoms with Gasteiger partial charge in [-0.15, -0.1) is 0 Å². The Morgan fingerprint density at radius 3 is 2.29 bits per heavy atom. The quantitative estimate of drug-likeness (QED) is 0.718. The molecule has 0 aromatic heterocycles. The van der Waals surface area contributed by atoms with E-state index in [1.54, 1.807) is 18.7 Å². The van der Waals surface area contributed by atoms with Crippen LogP contribution in [0.15, 0.2) is 0 Å². The first kappa shape index (κ1) is 14.0. The predicted molar refractivity (Wildman–Crippen MR) is 64.3 cm³/mol. The molecule has 0 aromatic carbocycles. The van der Waals surface area contributed by atoms with Crippen LogP contribution in [0.2, 0.25) is 0 Å². The molecular weight excluding hydrogens is 220 g/mol. The van der Waals surface area contributed by atoms with E-state index in [4.69, 9.17) is 0 Å². The molecule has 17 heavy (non-hydrogen) atoms. The van der Waals surface area contributed by atoms with Gasteiger partial charge in [0.2, 0.25) is 0 Å². The van der Waals surface area contributed by atoms with Crippen molar-refractivity contribution in [2.24, 2.45) is 0 Å². The van der Waals surface area contributed by atoms with E-state index in [9.17, 15) is 14.7 Å². The fourth-order valence-electron chi connectivity index (χ4n) is 1.80. The number of aliphatic hydroxyl groups is 1. The molecule has 1 rings (SSSR count). The van der Waals surface area contributed by atoms with Crippen molar-refractivity contribution in [3.8, 4) is 0 Å². The Kier molecular flexibility index (Phi) is 4.14. The zero-order valence-corrected chi connectivity index (χ0v) is 11.1. The van der Waals surface area contributed by atoms with Crippen LogP contribution in [0.5, 0.6) is 0 Å². The highest BCUT2D eigenvalue weighted by atomic mass is 16.3. The molecular formula is C12H22N2O3. The minimum atomic E-state index is -0.807. The molecule has 1 fully saturated rings. The third-order valence-electron chi connectivity index (χ3n) is 2.96. The number of nitrogens with zero attached hydrogens (tertiary/aromatic N) is 2. The van der Waals surface area contributed by atoms with Crippen LogP contribution < -0.4 is 0 Å². The van der Waals surface area contributed by atoms with E-state index in [0.717, 1.165) is 0 Å². The number of rotatable bonds is 4. The molecule has 2 amide bonds. The normalized spacial score (nSPS) is 18.2. The average molecular weight is 242 g/mol. The van der Waals surface area contributed by atoms with Gasteiger partial charge in [0, 0.05) is 25.7 Å². The second-order valence-electron chi connectivity index (χ2n) is 5.45. The lowest BCUT2D eigenvalue weighted by Crippen LogP contribution is -2.56. The van der Waals surface area contributed by atoms with E-state index < -0.39 is 17.4 Å². The monoisotopic (exact) mass is 242 g/mol. The average Bonchev–Trinajstić information content (AvgIpc) is 2.18. The molecule has 1 aliphatic heterocycles. The number of amides is 2. The lowest BCUT2D eigenvalue weighted by molar-refractivity contribution is -0.157. The first-order valence-corrected chi connectivity index (χ1v) is 6.04. The van der Waals surface area contributed by atoms with Crippen molar-refractivity contribution >= 4 is 11.8 Å². The summed E-state index contributed by atoms with van der Waals surface area (Å²) < 4.78 is 0. The molecule has 98 valence electrons. The zero-order chi connectivity index (χ0) is 13.2. The fraction of sp³-hybridized carbons (Fsp3) is 0.833. The first-order valence-electron chi connectivity index (χ1n) is 6.04. The van der Waals surface area contributed by atoms with E-state index in [-0.39, 0.29) is 6.04 Å². The Labute approximate surface area is 102 Å². The molecule has 0 aromatic rings. The largest absolute Gasteiger partial charge is 0.390 e. The molecule has 5 heteroatoms. The van der Waals surface area contributed by atoms with Crippen LogP contribution in [0.4, 0.5) is 0 Å². The van der Waals surface area contributed by atoms with Crippen LogP contribution in [0.3, 0.4) is 0 Å². The Balaban J connectivity index is 2.57. The number of hydrogen-bond acceptors (Lipinski definition) is 3. The SMILES string of the molecule is CC(C)N1CCN(CCC(C)(C)O)C(=O)C1=O. The van der Waals surface area contributed by atoms with Crippen molar-refractivity contribution in [1.82, 2.24) is 9.80 Å². The van der Waals surface area contributed by atoms with Gasteiger partial charge in [0.15, 0.2) is 0 Å². The molecule has 1 N–H and O–H groups in total. The zero-order valence-electron chi connectivity index (χ0n) is 11.1. The molecule has 0 radical (unpaired) electrons. The smallest absolute Gasteiger partial charge is 0.312 e. The number of piperazine rings is 1. The molecule has 0 aliphatic carbocycles.